The van der Waals surface area contributed by atoms with E-state index in [1.165, 1.54) is 16.7 Å². The summed E-state index contributed by atoms with van der Waals surface area (Å²) in [5, 5.41) is 3.25. The molecule has 10 heteroatoms. The van der Waals surface area contributed by atoms with Gasteiger partial charge in [0.05, 0.1) is 25.0 Å². The number of ether oxygens (including phenoxy) is 1. The van der Waals surface area contributed by atoms with Crippen LogP contribution in [0, 0.1) is 0 Å². The molecule has 1 N–H and O–H groups in total. The highest BCUT2D eigenvalue weighted by Gasteiger charge is 2.42. The van der Waals surface area contributed by atoms with E-state index < -0.39 is 6.04 Å². The largest absolute Gasteiger partial charge is 0.496 e. The van der Waals surface area contributed by atoms with Gasteiger partial charge in [-0.25, -0.2) is 9.89 Å². The molecule has 1 atom stereocenters. The van der Waals surface area contributed by atoms with E-state index in [4.69, 9.17) is 9.73 Å². The van der Waals surface area contributed by atoms with E-state index in [-0.39, 0.29) is 36.4 Å². The lowest BCUT2D eigenvalue weighted by atomic mass is 10.1. The molecule has 5 rings (SSSR count). The Bertz CT molecular complexity index is 1510. The molecule has 0 bridgehead atoms. The third-order valence-electron chi connectivity index (χ3n) is 6.87. The number of para-hydroxylation sites is 2. The van der Waals surface area contributed by atoms with Crippen molar-refractivity contribution in [2.24, 2.45) is 9.98 Å². The minimum atomic E-state index is -0.888. The lowest BCUT2D eigenvalue weighted by molar-refractivity contribution is -0.129. The number of amides is 3. The molecule has 3 aromatic rings. The summed E-state index contributed by atoms with van der Waals surface area (Å²) < 4.78 is 5.35. The van der Waals surface area contributed by atoms with Crippen molar-refractivity contribution in [2.75, 3.05) is 19.4 Å². The predicted octanol–water partition coefficient (Wildman–Crippen LogP) is 4.14. The number of nitrogens with one attached hydrogen (secondary N) is 1. The van der Waals surface area contributed by atoms with Gasteiger partial charge in [0.1, 0.15) is 17.6 Å². The van der Waals surface area contributed by atoms with Gasteiger partial charge in [-0.1, -0.05) is 72.4 Å². The number of nitrogens with zero attached hydrogens (tertiary/aromatic N) is 4. The van der Waals surface area contributed by atoms with E-state index in [2.05, 4.69) is 10.3 Å². The molecule has 9 nitrogen and oxygen atoms in total. The molecule has 0 spiro atoms. The van der Waals surface area contributed by atoms with Crippen LogP contribution in [0.5, 0.6) is 5.75 Å². The molecule has 0 aromatic heterocycles. The number of aliphatic imine (C=N–C) groups is 2. The normalized spacial score (nSPS) is 15.4. The summed E-state index contributed by atoms with van der Waals surface area (Å²) in [5.41, 5.74) is 3.27. The smallest absolute Gasteiger partial charge is 0.259 e. The summed E-state index contributed by atoms with van der Waals surface area (Å²) in [6.45, 7) is 3.28. The Morgan fingerprint density at radius 3 is 2.54 bits per heavy atom. The Hall–Kier alpha value is -4.44. The highest BCUT2D eigenvalue weighted by molar-refractivity contribution is 8.14. The minimum Gasteiger partial charge on any atom is -0.496 e. The van der Waals surface area contributed by atoms with E-state index in [0.717, 1.165) is 11.1 Å². The SMILES string of the molecule is CCN(Cc1ccccc1)C(=O)CSC1=Nc2ccccc2C2=N[C@@H](CC(=O)NCc3ccccc3OC)C(=O)N12. The lowest BCUT2D eigenvalue weighted by Crippen LogP contribution is -2.42. The van der Waals surface area contributed by atoms with Gasteiger partial charge in [-0.15, -0.1) is 0 Å². The average molecular weight is 570 g/mol. The number of carbonyl (C=O) groups excluding carboxylic acids is 3. The predicted molar refractivity (Wildman–Crippen MR) is 160 cm³/mol. The van der Waals surface area contributed by atoms with Crippen molar-refractivity contribution >= 4 is 46.2 Å². The molecule has 0 aliphatic carbocycles. The van der Waals surface area contributed by atoms with Crippen LogP contribution in [0.25, 0.3) is 0 Å². The molecular weight excluding hydrogens is 538 g/mol. The van der Waals surface area contributed by atoms with Gasteiger partial charge in [0.15, 0.2) is 5.17 Å². The summed E-state index contributed by atoms with van der Waals surface area (Å²) >= 11 is 1.20. The third kappa shape index (κ3) is 6.33. The van der Waals surface area contributed by atoms with Crippen molar-refractivity contribution in [3.63, 3.8) is 0 Å². The third-order valence-corrected chi connectivity index (χ3v) is 7.79. The fraction of sp³-hybridized carbons (Fsp3) is 0.258. The molecule has 3 aromatic carbocycles. The van der Waals surface area contributed by atoms with Crippen LogP contribution in [-0.4, -0.2) is 64.0 Å². The van der Waals surface area contributed by atoms with E-state index in [9.17, 15) is 14.4 Å². The zero-order valence-corrected chi connectivity index (χ0v) is 23.8. The first-order valence-corrected chi connectivity index (χ1v) is 14.4. The second-order valence-corrected chi connectivity index (χ2v) is 10.5. The van der Waals surface area contributed by atoms with Crippen molar-refractivity contribution in [3.05, 3.63) is 95.6 Å². The van der Waals surface area contributed by atoms with Crippen molar-refractivity contribution in [3.8, 4) is 5.75 Å². The number of carbonyl (C=O) groups is 3. The Balaban J connectivity index is 1.28. The first kappa shape index (κ1) is 28.1. The molecular formula is C31H31N5O4S. The van der Waals surface area contributed by atoms with Gasteiger partial charge in [0.2, 0.25) is 11.8 Å². The van der Waals surface area contributed by atoms with Gasteiger partial charge in [-0.3, -0.25) is 19.4 Å². The molecule has 0 unspecified atom stereocenters. The fourth-order valence-corrected chi connectivity index (χ4v) is 5.62. The second-order valence-electron chi connectivity index (χ2n) is 9.53. The molecule has 210 valence electrons. The fourth-order valence-electron chi connectivity index (χ4n) is 4.72. The van der Waals surface area contributed by atoms with Crippen LogP contribution in [-0.2, 0) is 27.5 Å². The second kappa shape index (κ2) is 12.8. The van der Waals surface area contributed by atoms with E-state index in [1.807, 2.05) is 85.8 Å². The molecule has 2 aliphatic heterocycles. The number of amidine groups is 2. The van der Waals surface area contributed by atoms with Crippen molar-refractivity contribution in [1.29, 1.82) is 0 Å². The Morgan fingerprint density at radius 1 is 1.02 bits per heavy atom. The van der Waals surface area contributed by atoms with Gasteiger partial charge in [-0.05, 0) is 30.7 Å². The number of methoxy groups -OCH3 is 1. The van der Waals surface area contributed by atoms with Crippen molar-refractivity contribution < 1.29 is 19.1 Å². The zero-order valence-electron chi connectivity index (χ0n) is 22.9. The summed E-state index contributed by atoms with van der Waals surface area (Å²) in [7, 11) is 1.58. The lowest BCUT2D eigenvalue weighted by Gasteiger charge is -2.26. The van der Waals surface area contributed by atoms with Crippen LogP contribution < -0.4 is 10.1 Å². The average Bonchev–Trinajstić information content (AvgIpc) is 3.33. The van der Waals surface area contributed by atoms with Crippen LogP contribution in [0.3, 0.4) is 0 Å². The van der Waals surface area contributed by atoms with Gasteiger partial charge in [-0.2, -0.15) is 0 Å². The maximum Gasteiger partial charge on any atom is 0.259 e. The number of thioether (sulfide) groups is 1. The molecule has 2 heterocycles. The van der Waals surface area contributed by atoms with Crippen LogP contribution in [0.1, 0.15) is 30.0 Å². The standard InChI is InChI=1S/C31H31N5O4S/c1-3-35(19-21-11-5-4-6-12-21)28(38)20-41-31-34-24-15-9-8-14-23(24)29-33-25(30(39)36(29)31)17-27(37)32-18-22-13-7-10-16-26(22)40-2/h4-16,25H,3,17-20H2,1-2H3,(H,32,37)/t25-/m0/s1. The molecule has 0 radical (unpaired) electrons. The summed E-state index contributed by atoms with van der Waals surface area (Å²) in [4.78, 5) is 52.1. The number of fused-ring (bicyclic) bond motifs is 3. The Labute approximate surface area is 243 Å². The molecule has 0 saturated carbocycles. The summed E-state index contributed by atoms with van der Waals surface area (Å²) in [5.74, 6) is 0.555. The first-order chi connectivity index (χ1) is 20.0. The minimum absolute atomic E-state index is 0.0553. The Kier molecular flexibility index (Phi) is 8.79. The van der Waals surface area contributed by atoms with Crippen molar-refractivity contribution in [2.45, 2.75) is 32.5 Å². The van der Waals surface area contributed by atoms with Crippen LogP contribution >= 0.6 is 11.8 Å². The van der Waals surface area contributed by atoms with Gasteiger partial charge in [0.25, 0.3) is 5.91 Å². The topological polar surface area (TPSA) is 104 Å². The maximum atomic E-state index is 13.6. The molecule has 3 amide bonds. The first-order valence-electron chi connectivity index (χ1n) is 13.4. The number of hydrogen-bond acceptors (Lipinski definition) is 7. The van der Waals surface area contributed by atoms with E-state index in [1.54, 1.807) is 12.0 Å². The molecule has 41 heavy (non-hydrogen) atoms. The van der Waals surface area contributed by atoms with Gasteiger partial charge < -0.3 is 15.0 Å². The maximum absolute atomic E-state index is 13.6. The number of hydrogen-bond donors (Lipinski definition) is 1. The van der Waals surface area contributed by atoms with Crippen LogP contribution in [0.2, 0.25) is 0 Å². The van der Waals surface area contributed by atoms with Crippen LogP contribution in [0.15, 0.2) is 88.8 Å². The summed E-state index contributed by atoms with van der Waals surface area (Å²) in [6.07, 6.45) is -0.103. The van der Waals surface area contributed by atoms with E-state index in [0.29, 0.717) is 41.1 Å². The molecule has 2 aliphatic rings. The highest BCUT2D eigenvalue weighted by atomic mass is 32.2. The highest BCUT2D eigenvalue weighted by Crippen LogP contribution is 2.34. The van der Waals surface area contributed by atoms with Crippen molar-refractivity contribution in [1.82, 2.24) is 15.1 Å². The van der Waals surface area contributed by atoms with Gasteiger partial charge in [0, 0.05) is 30.8 Å². The summed E-state index contributed by atoms with van der Waals surface area (Å²) in [6, 6.07) is 23.8. The number of rotatable bonds is 10. The number of benzene rings is 3. The molecule has 0 fully saturated rings. The Morgan fingerprint density at radius 2 is 1.76 bits per heavy atom. The van der Waals surface area contributed by atoms with Gasteiger partial charge >= 0.3 is 0 Å². The molecule has 0 saturated heterocycles. The van der Waals surface area contributed by atoms with E-state index >= 15 is 0 Å². The quantitative estimate of drug-likeness (QED) is 0.395. The van der Waals surface area contributed by atoms with Crippen LogP contribution in [0.4, 0.5) is 5.69 Å². The monoisotopic (exact) mass is 569 g/mol. The zero-order chi connectivity index (χ0) is 28.8.